The van der Waals surface area contributed by atoms with Crippen molar-refractivity contribution < 1.29 is 22.3 Å². The van der Waals surface area contributed by atoms with Crippen molar-refractivity contribution in [2.24, 2.45) is 0 Å². The Bertz CT molecular complexity index is 1410. The van der Waals surface area contributed by atoms with E-state index in [4.69, 9.17) is 4.74 Å². The van der Waals surface area contributed by atoms with Crippen molar-refractivity contribution in [3.63, 3.8) is 0 Å². The van der Waals surface area contributed by atoms with Gasteiger partial charge in [-0.25, -0.2) is 23.1 Å². The Morgan fingerprint density at radius 1 is 0.625 bits per heavy atom. The molecule has 0 saturated heterocycles. The van der Waals surface area contributed by atoms with Gasteiger partial charge in [0.25, 0.3) is 0 Å². The molecular weight excluding hydrogens is 516 g/mol. The fourth-order valence-electron chi connectivity index (χ4n) is 4.60. The van der Waals surface area contributed by atoms with Crippen LogP contribution in [0.4, 0.5) is 17.6 Å². The van der Waals surface area contributed by atoms with Crippen LogP contribution in [0.15, 0.2) is 60.9 Å². The molecule has 1 heterocycles. The van der Waals surface area contributed by atoms with Crippen LogP contribution in [0.3, 0.4) is 0 Å². The van der Waals surface area contributed by atoms with Gasteiger partial charge < -0.3 is 4.74 Å². The van der Waals surface area contributed by atoms with Crippen LogP contribution in [-0.2, 0) is 12.8 Å². The summed E-state index contributed by atoms with van der Waals surface area (Å²) in [4.78, 5) is 8.09. The van der Waals surface area contributed by atoms with E-state index in [1.54, 1.807) is 37.3 Å². The van der Waals surface area contributed by atoms with Crippen molar-refractivity contribution >= 4 is 0 Å². The number of aryl methyl sites for hydroxylation is 3. The Morgan fingerprint density at radius 2 is 1.25 bits per heavy atom. The molecule has 0 fully saturated rings. The highest BCUT2D eigenvalue weighted by molar-refractivity contribution is 5.66. The number of halogens is 4. The lowest BCUT2D eigenvalue weighted by Gasteiger charge is -2.11. The quantitative estimate of drug-likeness (QED) is 0.123. The molecule has 0 aliphatic rings. The highest BCUT2D eigenvalue weighted by Gasteiger charge is 2.17. The maximum atomic E-state index is 14.8. The number of ether oxygens (including phenoxy) is 1. The molecule has 4 rings (SSSR count). The van der Waals surface area contributed by atoms with Gasteiger partial charge in [0.2, 0.25) is 5.82 Å². The molecule has 0 radical (unpaired) electrons. The minimum absolute atomic E-state index is 0.0818. The Kier molecular flexibility index (Phi) is 10.3. The lowest BCUT2D eigenvalue weighted by Crippen LogP contribution is -2.02. The molecule has 0 bridgehead atoms. The Balaban J connectivity index is 1.36. The van der Waals surface area contributed by atoms with E-state index < -0.39 is 23.3 Å². The molecular formula is C33H34F4N2O. The number of benzene rings is 3. The SMILES string of the molecule is CCCCCCCCOc1ccc(-c2ccc(CCc3ccc(-c4cnc(C)nc4)c(F)c3F)cc2)c(F)c1F. The van der Waals surface area contributed by atoms with E-state index in [0.717, 1.165) is 24.8 Å². The topological polar surface area (TPSA) is 35.0 Å². The van der Waals surface area contributed by atoms with Crippen molar-refractivity contribution in [2.75, 3.05) is 6.61 Å². The zero-order valence-corrected chi connectivity index (χ0v) is 23.0. The van der Waals surface area contributed by atoms with Crippen molar-refractivity contribution in [3.8, 4) is 28.0 Å². The molecule has 40 heavy (non-hydrogen) atoms. The number of nitrogens with zero attached hydrogens (tertiary/aromatic N) is 2. The maximum Gasteiger partial charge on any atom is 0.201 e. The van der Waals surface area contributed by atoms with Crippen LogP contribution >= 0.6 is 0 Å². The zero-order chi connectivity index (χ0) is 28.5. The van der Waals surface area contributed by atoms with Gasteiger partial charge in [-0.05, 0) is 55.0 Å². The van der Waals surface area contributed by atoms with E-state index in [1.165, 1.54) is 49.9 Å². The highest BCUT2D eigenvalue weighted by atomic mass is 19.2. The van der Waals surface area contributed by atoms with Crippen molar-refractivity contribution in [3.05, 3.63) is 101 Å². The van der Waals surface area contributed by atoms with E-state index >= 15 is 0 Å². The largest absolute Gasteiger partial charge is 0.490 e. The summed E-state index contributed by atoms with van der Waals surface area (Å²) in [5.41, 5.74) is 2.29. The summed E-state index contributed by atoms with van der Waals surface area (Å²) >= 11 is 0. The first kappa shape index (κ1) is 29.2. The van der Waals surface area contributed by atoms with E-state index in [0.29, 0.717) is 30.0 Å². The average Bonchev–Trinajstić information content (AvgIpc) is 2.96. The van der Waals surface area contributed by atoms with Crippen LogP contribution in [-0.4, -0.2) is 16.6 Å². The number of aromatic nitrogens is 2. The minimum atomic E-state index is -0.995. The molecule has 0 spiro atoms. The fourth-order valence-corrected chi connectivity index (χ4v) is 4.60. The Morgan fingerprint density at radius 3 is 1.98 bits per heavy atom. The molecule has 7 heteroatoms. The second kappa shape index (κ2) is 14.1. The molecule has 0 aliphatic heterocycles. The summed E-state index contributed by atoms with van der Waals surface area (Å²) in [5, 5.41) is 0. The number of hydrogen-bond acceptors (Lipinski definition) is 3. The normalized spacial score (nSPS) is 11.2. The van der Waals surface area contributed by atoms with Crippen LogP contribution in [0.5, 0.6) is 5.75 Å². The average molecular weight is 551 g/mol. The molecule has 0 amide bonds. The summed E-state index contributed by atoms with van der Waals surface area (Å²) in [7, 11) is 0. The van der Waals surface area contributed by atoms with Gasteiger partial charge in [0.1, 0.15) is 5.82 Å². The lowest BCUT2D eigenvalue weighted by atomic mass is 9.98. The Labute approximate surface area is 233 Å². The molecule has 210 valence electrons. The van der Waals surface area contributed by atoms with Crippen LogP contribution < -0.4 is 4.74 Å². The first-order chi connectivity index (χ1) is 19.4. The van der Waals surface area contributed by atoms with Crippen LogP contribution in [0.25, 0.3) is 22.3 Å². The predicted molar refractivity (Wildman–Crippen MR) is 150 cm³/mol. The summed E-state index contributed by atoms with van der Waals surface area (Å²) in [6.45, 7) is 4.23. The molecule has 1 aromatic heterocycles. The summed E-state index contributed by atoms with van der Waals surface area (Å²) in [6, 6.07) is 13.0. The standard InChI is InChI=1S/C33H34F4N2O/c1-3-4-5-6-7-8-19-40-29-18-17-27(32(36)33(29)37)24-12-9-23(10-13-24)11-14-25-15-16-28(31(35)30(25)34)26-20-38-22(2)39-21-26/h9-10,12-13,15-18,20-21H,3-8,11,14,19H2,1-2H3. The van der Waals surface area contributed by atoms with Crippen molar-refractivity contribution in [2.45, 2.75) is 65.2 Å². The second-order valence-electron chi connectivity index (χ2n) is 9.97. The summed E-state index contributed by atoms with van der Waals surface area (Å²) < 4.78 is 64.5. The van der Waals surface area contributed by atoms with E-state index in [-0.39, 0.29) is 28.9 Å². The molecule has 0 aliphatic carbocycles. The Hall–Kier alpha value is -3.74. The molecule has 0 unspecified atom stereocenters. The van der Waals surface area contributed by atoms with Crippen molar-refractivity contribution in [1.82, 2.24) is 9.97 Å². The molecule has 0 N–H and O–H groups in total. The van der Waals surface area contributed by atoms with Gasteiger partial charge in [0, 0.05) is 29.1 Å². The lowest BCUT2D eigenvalue weighted by molar-refractivity contribution is 0.285. The molecule has 4 aromatic rings. The first-order valence-electron chi connectivity index (χ1n) is 13.8. The molecule has 0 atom stereocenters. The molecule has 0 saturated carbocycles. The van der Waals surface area contributed by atoms with Crippen LogP contribution in [0.1, 0.15) is 62.4 Å². The minimum Gasteiger partial charge on any atom is -0.490 e. The third-order valence-corrected chi connectivity index (χ3v) is 7.00. The monoisotopic (exact) mass is 550 g/mol. The van der Waals surface area contributed by atoms with Crippen molar-refractivity contribution in [1.29, 1.82) is 0 Å². The van der Waals surface area contributed by atoms with Gasteiger partial charge in [0.15, 0.2) is 23.2 Å². The number of hydrogen-bond donors (Lipinski definition) is 0. The predicted octanol–water partition coefficient (Wildman–Crippen LogP) is 9.20. The smallest absolute Gasteiger partial charge is 0.201 e. The van der Waals surface area contributed by atoms with Gasteiger partial charge in [-0.2, -0.15) is 4.39 Å². The summed E-state index contributed by atoms with van der Waals surface area (Å²) in [6.07, 6.45) is 10.1. The second-order valence-corrected chi connectivity index (χ2v) is 9.97. The van der Waals surface area contributed by atoms with Gasteiger partial charge in [-0.3, -0.25) is 0 Å². The molecule has 3 aromatic carbocycles. The summed E-state index contributed by atoms with van der Waals surface area (Å²) in [5.74, 6) is -3.31. The number of unbranched alkanes of at least 4 members (excludes halogenated alkanes) is 5. The zero-order valence-electron chi connectivity index (χ0n) is 23.0. The van der Waals surface area contributed by atoms with Crippen LogP contribution in [0.2, 0.25) is 0 Å². The van der Waals surface area contributed by atoms with Gasteiger partial charge in [-0.15, -0.1) is 0 Å². The van der Waals surface area contributed by atoms with E-state index in [1.807, 2.05) is 0 Å². The maximum absolute atomic E-state index is 14.8. The third kappa shape index (κ3) is 7.26. The molecule has 3 nitrogen and oxygen atoms in total. The first-order valence-corrected chi connectivity index (χ1v) is 13.8. The third-order valence-electron chi connectivity index (χ3n) is 7.00. The van der Waals surface area contributed by atoms with Crippen LogP contribution in [0, 0.1) is 30.2 Å². The van der Waals surface area contributed by atoms with E-state index in [2.05, 4.69) is 16.9 Å². The van der Waals surface area contributed by atoms with Gasteiger partial charge in [0.05, 0.1) is 6.61 Å². The fraction of sp³-hybridized carbons (Fsp3) is 0.333. The van der Waals surface area contributed by atoms with E-state index in [9.17, 15) is 17.6 Å². The van der Waals surface area contributed by atoms with Gasteiger partial charge >= 0.3 is 0 Å². The van der Waals surface area contributed by atoms with Gasteiger partial charge in [-0.1, -0.05) is 75.4 Å². The highest BCUT2D eigenvalue weighted by Crippen LogP contribution is 2.31. The number of rotatable bonds is 13.